The van der Waals surface area contributed by atoms with E-state index in [1.807, 2.05) is 13.8 Å². The molecule has 6 atom stereocenters. The van der Waals surface area contributed by atoms with Gasteiger partial charge in [0.25, 0.3) is 0 Å². The van der Waals surface area contributed by atoms with Gasteiger partial charge in [-0.25, -0.2) is 0 Å². The molecule has 216 valence electrons. The van der Waals surface area contributed by atoms with Crippen LogP contribution < -0.4 is 5.32 Å². The maximum Gasteiger partial charge on any atom is 0.148 e. The second-order valence-corrected chi connectivity index (χ2v) is 12.3. The molecular weight excluding hydrogens is 480 g/mol. The first-order chi connectivity index (χ1) is 18.2. The number of aliphatic hydroxyl groups is 2. The summed E-state index contributed by atoms with van der Waals surface area (Å²) in [5.74, 6) is 0.609. The number of H-pyrrole nitrogens is 1. The molecule has 3 heterocycles. The summed E-state index contributed by atoms with van der Waals surface area (Å²) in [7, 11) is 2.10. The molecule has 0 amide bonds. The summed E-state index contributed by atoms with van der Waals surface area (Å²) in [6, 6.07) is 0.899. The number of carbonyl (C=O) groups excluding carboxylic acids is 1. The van der Waals surface area contributed by atoms with Crippen LogP contribution in [0, 0.1) is 17.3 Å². The van der Waals surface area contributed by atoms with Gasteiger partial charge < -0.3 is 25.1 Å². The fourth-order valence-electron chi connectivity index (χ4n) is 6.50. The first-order valence-electron chi connectivity index (χ1n) is 14.7. The van der Waals surface area contributed by atoms with E-state index in [1.54, 1.807) is 0 Å². The Hall–Kier alpha value is -1.58. The molecular formula is C30H52N4O4. The number of ether oxygens (including phenoxy) is 1. The highest BCUT2D eigenvalue weighted by Gasteiger charge is 2.47. The quantitative estimate of drug-likeness (QED) is 0.328. The van der Waals surface area contributed by atoms with Gasteiger partial charge in [0.05, 0.1) is 24.4 Å². The molecule has 0 saturated carbocycles. The van der Waals surface area contributed by atoms with Gasteiger partial charge in [-0.3, -0.25) is 10.00 Å². The zero-order valence-corrected chi connectivity index (χ0v) is 24.5. The predicted octanol–water partition coefficient (Wildman–Crippen LogP) is 3.37. The molecule has 0 radical (unpaired) electrons. The van der Waals surface area contributed by atoms with Crippen molar-refractivity contribution in [2.45, 2.75) is 103 Å². The molecule has 0 spiro atoms. The van der Waals surface area contributed by atoms with Crippen molar-refractivity contribution in [3.8, 4) is 0 Å². The standard InChI is InChI=1S/C21H34N4O.C7H12O3.C2H6/c1-20(2)8-7-16-18(13-20)23-24-19(16)21(3)12-14-5-6-15(11-17(14)22-21)25(4)9-10-26;8-4-7(9)6-2-1-3-10-5-6;1-2/h5-6,14-15,17,22,26H,7-13H2,1-4H3,(H,23,24);4,6-7,9H,1-3,5H2;1-2H3/t14?,15?,17?,21-;;/m1../s1. The van der Waals surface area contributed by atoms with Gasteiger partial charge in [-0.05, 0) is 75.8 Å². The number of hydrogen-bond acceptors (Lipinski definition) is 7. The predicted molar refractivity (Wildman–Crippen MR) is 151 cm³/mol. The highest BCUT2D eigenvalue weighted by molar-refractivity contribution is 5.56. The lowest BCUT2D eigenvalue weighted by Crippen LogP contribution is -2.45. The molecule has 2 aliphatic carbocycles. The Morgan fingerprint density at radius 2 is 2.05 bits per heavy atom. The van der Waals surface area contributed by atoms with Crippen LogP contribution in [-0.2, 0) is 27.9 Å². The molecule has 4 N–H and O–H groups in total. The normalized spacial score (nSPS) is 32.2. The number of carbonyl (C=O) groups is 1. The van der Waals surface area contributed by atoms with E-state index in [4.69, 9.17) is 14.9 Å². The van der Waals surface area contributed by atoms with Gasteiger partial charge in [0.2, 0.25) is 0 Å². The summed E-state index contributed by atoms with van der Waals surface area (Å²) in [5, 5.41) is 30.4. The maximum atomic E-state index is 10.1. The first-order valence-corrected chi connectivity index (χ1v) is 14.7. The van der Waals surface area contributed by atoms with Gasteiger partial charge in [-0.15, -0.1) is 0 Å². The average Bonchev–Trinajstić information content (AvgIpc) is 3.49. The minimum Gasteiger partial charge on any atom is -0.395 e. The molecule has 2 saturated heterocycles. The molecule has 1 aromatic heterocycles. The minimum absolute atomic E-state index is 0.0336. The number of aromatic amines is 1. The van der Waals surface area contributed by atoms with Crippen LogP contribution in [0.4, 0.5) is 0 Å². The SMILES string of the molecule is CC.CN(CCO)C1C=CC2C[C@](C)(c3n[nH]c4c3CCC(C)(C)C4)NC2C1.O=CC(O)C1CCCOC1. The fraction of sp³-hybridized carbons (Fsp3) is 0.800. The molecule has 8 heteroatoms. The monoisotopic (exact) mass is 532 g/mol. The van der Waals surface area contributed by atoms with Crippen LogP contribution in [-0.4, -0.2) is 83.2 Å². The molecule has 5 unspecified atom stereocenters. The highest BCUT2D eigenvalue weighted by Crippen LogP contribution is 2.44. The molecule has 1 aromatic rings. The number of aliphatic hydroxyl groups excluding tert-OH is 2. The van der Waals surface area contributed by atoms with E-state index in [-0.39, 0.29) is 18.1 Å². The molecule has 2 fully saturated rings. The van der Waals surface area contributed by atoms with Crippen LogP contribution in [0.1, 0.15) is 83.7 Å². The van der Waals surface area contributed by atoms with Crippen molar-refractivity contribution in [3.63, 3.8) is 0 Å². The molecule has 5 rings (SSSR count). The Bertz CT molecular complexity index is 910. The van der Waals surface area contributed by atoms with Crippen molar-refractivity contribution in [3.05, 3.63) is 29.1 Å². The Morgan fingerprint density at radius 1 is 1.29 bits per heavy atom. The smallest absolute Gasteiger partial charge is 0.148 e. The van der Waals surface area contributed by atoms with E-state index in [2.05, 4.69) is 55.3 Å². The van der Waals surface area contributed by atoms with Crippen LogP contribution in [0.25, 0.3) is 0 Å². The zero-order valence-electron chi connectivity index (χ0n) is 24.5. The van der Waals surface area contributed by atoms with Crippen molar-refractivity contribution in [2.75, 3.05) is 33.4 Å². The number of rotatable bonds is 6. The summed E-state index contributed by atoms with van der Waals surface area (Å²) in [6.45, 7) is 13.3. The minimum atomic E-state index is -0.819. The van der Waals surface area contributed by atoms with Crippen molar-refractivity contribution in [1.29, 1.82) is 0 Å². The molecule has 2 aliphatic heterocycles. The first kappa shape index (κ1) is 31.0. The Balaban J connectivity index is 0.000000280. The van der Waals surface area contributed by atoms with Crippen LogP contribution in [0.5, 0.6) is 0 Å². The van der Waals surface area contributed by atoms with Crippen LogP contribution in [0.3, 0.4) is 0 Å². The number of nitrogens with one attached hydrogen (secondary N) is 2. The van der Waals surface area contributed by atoms with E-state index < -0.39 is 6.10 Å². The van der Waals surface area contributed by atoms with Crippen molar-refractivity contribution in [1.82, 2.24) is 20.4 Å². The summed E-state index contributed by atoms with van der Waals surface area (Å²) in [4.78, 5) is 12.4. The van der Waals surface area contributed by atoms with Crippen molar-refractivity contribution >= 4 is 6.29 Å². The Kier molecular flexibility index (Phi) is 11.1. The van der Waals surface area contributed by atoms with Crippen LogP contribution >= 0.6 is 0 Å². The zero-order chi connectivity index (χ0) is 27.9. The molecule has 0 aromatic carbocycles. The summed E-state index contributed by atoms with van der Waals surface area (Å²) in [6.07, 6.45) is 12.1. The summed E-state index contributed by atoms with van der Waals surface area (Å²) >= 11 is 0. The lowest BCUT2D eigenvalue weighted by molar-refractivity contribution is -0.120. The van der Waals surface area contributed by atoms with Crippen molar-refractivity contribution in [2.24, 2.45) is 17.3 Å². The van der Waals surface area contributed by atoms with E-state index >= 15 is 0 Å². The molecule has 38 heavy (non-hydrogen) atoms. The number of hydrogen-bond donors (Lipinski definition) is 4. The third kappa shape index (κ3) is 7.33. The lowest BCUT2D eigenvalue weighted by atomic mass is 9.74. The van der Waals surface area contributed by atoms with Gasteiger partial charge in [0.15, 0.2) is 0 Å². The second-order valence-electron chi connectivity index (χ2n) is 12.3. The van der Waals surface area contributed by atoms with Crippen LogP contribution in [0.15, 0.2) is 12.2 Å². The van der Waals surface area contributed by atoms with Crippen molar-refractivity contribution < 1.29 is 19.7 Å². The third-order valence-electron chi connectivity index (χ3n) is 8.76. The van der Waals surface area contributed by atoms with Gasteiger partial charge in [-0.1, -0.05) is 39.8 Å². The van der Waals surface area contributed by atoms with E-state index in [0.29, 0.717) is 36.3 Å². The lowest BCUT2D eigenvalue weighted by Gasteiger charge is -2.33. The van der Waals surface area contributed by atoms with Gasteiger partial charge in [0, 0.05) is 36.8 Å². The van der Waals surface area contributed by atoms with Gasteiger partial charge >= 0.3 is 0 Å². The average molecular weight is 533 g/mol. The topological polar surface area (TPSA) is 111 Å². The second kappa shape index (κ2) is 13.7. The number of fused-ring (bicyclic) bond motifs is 2. The Labute approximate surface area is 229 Å². The number of nitrogens with zero attached hydrogens (tertiary/aromatic N) is 2. The van der Waals surface area contributed by atoms with E-state index in [9.17, 15) is 9.90 Å². The summed E-state index contributed by atoms with van der Waals surface area (Å²) < 4.78 is 5.09. The largest absolute Gasteiger partial charge is 0.395 e. The summed E-state index contributed by atoms with van der Waals surface area (Å²) in [5.41, 5.74) is 4.41. The van der Waals surface area contributed by atoms with E-state index in [0.717, 1.165) is 51.7 Å². The molecule has 0 bridgehead atoms. The molecule has 4 aliphatic rings. The maximum absolute atomic E-state index is 10.1. The van der Waals surface area contributed by atoms with Gasteiger partial charge in [0.1, 0.15) is 12.4 Å². The number of aromatic nitrogens is 2. The number of likely N-dealkylation sites (N-methyl/N-ethyl adjacent to an activating group) is 1. The highest BCUT2D eigenvalue weighted by atomic mass is 16.5. The number of aldehydes is 1. The van der Waals surface area contributed by atoms with E-state index in [1.165, 1.54) is 23.4 Å². The fourth-order valence-corrected chi connectivity index (χ4v) is 6.50. The Morgan fingerprint density at radius 3 is 2.71 bits per heavy atom. The van der Waals surface area contributed by atoms with Crippen LogP contribution in [0.2, 0.25) is 0 Å². The molecule has 8 nitrogen and oxygen atoms in total. The third-order valence-corrected chi connectivity index (χ3v) is 8.76. The van der Waals surface area contributed by atoms with Gasteiger partial charge in [-0.2, -0.15) is 5.10 Å².